The van der Waals surface area contributed by atoms with E-state index in [1.54, 1.807) is 6.42 Å². The van der Waals surface area contributed by atoms with E-state index >= 15 is 0 Å². The smallest absolute Gasteiger partial charge is 0.0509 e. The Kier molecular flexibility index (Phi) is 3.21. The van der Waals surface area contributed by atoms with Gasteiger partial charge in [-0.25, -0.2) is 0 Å². The van der Waals surface area contributed by atoms with Crippen LogP contribution in [0.4, 0.5) is 0 Å². The molecule has 2 heteroatoms. The predicted molar refractivity (Wildman–Crippen MR) is 65.3 cm³/mol. The molecule has 2 aliphatic carbocycles. The molecule has 2 nitrogen and oxygen atoms in total. The van der Waals surface area contributed by atoms with Crippen LogP contribution in [0.5, 0.6) is 0 Å². The molecule has 0 aromatic heterocycles. The number of hydrogen-bond donors (Lipinski definition) is 1. The number of ether oxygens (including phenoxy) is 1. The summed E-state index contributed by atoms with van der Waals surface area (Å²) in [6, 6.07) is 0.716. The molecule has 1 saturated heterocycles. The fourth-order valence-corrected chi connectivity index (χ4v) is 4.46. The average Bonchev–Trinajstić information content (AvgIpc) is 2.92. The summed E-state index contributed by atoms with van der Waals surface area (Å²) in [6.07, 6.45) is 8.75. The van der Waals surface area contributed by atoms with Crippen LogP contribution in [0.1, 0.15) is 38.5 Å². The number of fused-ring (bicyclic) bond motifs is 2. The van der Waals surface area contributed by atoms with Crippen molar-refractivity contribution < 1.29 is 4.74 Å². The minimum Gasteiger partial charge on any atom is -0.381 e. The molecular weight excluding hydrogens is 198 g/mol. The molecule has 1 aliphatic heterocycles. The summed E-state index contributed by atoms with van der Waals surface area (Å²) in [5.41, 5.74) is 0. The molecule has 2 bridgehead atoms. The highest BCUT2D eigenvalue weighted by Crippen LogP contribution is 2.50. The van der Waals surface area contributed by atoms with E-state index in [4.69, 9.17) is 4.74 Å². The number of rotatable bonds is 3. The summed E-state index contributed by atoms with van der Waals surface area (Å²) in [5.74, 6) is 3.97. The molecule has 1 N–H and O–H groups in total. The molecule has 5 atom stereocenters. The van der Waals surface area contributed by atoms with Crippen molar-refractivity contribution in [2.45, 2.75) is 44.6 Å². The maximum atomic E-state index is 5.66. The minimum absolute atomic E-state index is 0.716. The Morgan fingerprint density at radius 2 is 2.06 bits per heavy atom. The quantitative estimate of drug-likeness (QED) is 0.793. The SMILES string of the molecule is CNC1CCOCC1CC1CC2CCC1C2. The highest BCUT2D eigenvalue weighted by Gasteiger charge is 2.41. The molecule has 3 aliphatic rings. The number of nitrogens with one attached hydrogen (secondary N) is 1. The van der Waals surface area contributed by atoms with Crippen LogP contribution in [0.3, 0.4) is 0 Å². The Labute approximate surface area is 99.1 Å². The van der Waals surface area contributed by atoms with Crippen LogP contribution >= 0.6 is 0 Å². The molecule has 0 radical (unpaired) electrons. The Balaban J connectivity index is 1.56. The Morgan fingerprint density at radius 3 is 2.75 bits per heavy atom. The topological polar surface area (TPSA) is 21.3 Å². The van der Waals surface area contributed by atoms with E-state index in [0.29, 0.717) is 6.04 Å². The summed E-state index contributed by atoms with van der Waals surface area (Å²) < 4.78 is 5.66. The van der Waals surface area contributed by atoms with Crippen LogP contribution in [0, 0.1) is 23.7 Å². The van der Waals surface area contributed by atoms with Crippen molar-refractivity contribution in [3.8, 4) is 0 Å². The fourth-order valence-electron chi connectivity index (χ4n) is 4.46. The molecule has 0 spiro atoms. The second-order valence-corrected chi connectivity index (χ2v) is 6.19. The van der Waals surface area contributed by atoms with Crippen molar-refractivity contribution in [1.29, 1.82) is 0 Å². The van der Waals surface area contributed by atoms with Gasteiger partial charge in [-0.15, -0.1) is 0 Å². The van der Waals surface area contributed by atoms with E-state index in [2.05, 4.69) is 12.4 Å². The van der Waals surface area contributed by atoms with Gasteiger partial charge in [0.15, 0.2) is 0 Å². The van der Waals surface area contributed by atoms with Crippen LogP contribution in [-0.2, 0) is 4.74 Å². The monoisotopic (exact) mass is 223 g/mol. The Bertz CT molecular complexity index is 243. The summed E-state index contributed by atoms with van der Waals surface area (Å²) in [7, 11) is 2.11. The van der Waals surface area contributed by atoms with E-state index in [9.17, 15) is 0 Å². The molecule has 0 amide bonds. The van der Waals surface area contributed by atoms with E-state index in [1.165, 1.54) is 32.1 Å². The van der Waals surface area contributed by atoms with E-state index in [1.807, 2.05) is 0 Å². The minimum atomic E-state index is 0.716. The summed E-state index contributed by atoms with van der Waals surface area (Å²) in [5, 5.41) is 3.49. The van der Waals surface area contributed by atoms with Crippen molar-refractivity contribution in [3.05, 3.63) is 0 Å². The van der Waals surface area contributed by atoms with Crippen molar-refractivity contribution in [2.24, 2.45) is 23.7 Å². The lowest BCUT2D eigenvalue weighted by Crippen LogP contribution is -2.42. The molecule has 5 unspecified atom stereocenters. The van der Waals surface area contributed by atoms with Gasteiger partial charge >= 0.3 is 0 Å². The largest absolute Gasteiger partial charge is 0.381 e. The van der Waals surface area contributed by atoms with E-state index in [0.717, 1.165) is 36.9 Å². The van der Waals surface area contributed by atoms with Gasteiger partial charge in [-0.3, -0.25) is 0 Å². The first-order valence-corrected chi connectivity index (χ1v) is 7.12. The Hall–Kier alpha value is -0.0800. The first-order chi connectivity index (χ1) is 7.86. The third-order valence-electron chi connectivity index (χ3n) is 5.33. The zero-order valence-electron chi connectivity index (χ0n) is 10.5. The van der Waals surface area contributed by atoms with E-state index < -0.39 is 0 Å². The van der Waals surface area contributed by atoms with Crippen LogP contribution in [0.15, 0.2) is 0 Å². The summed E-state index contributed by atoms with van der Waals surface area (Å²) >= 11 is 0. The first kappa shape index (κ1) is 11.0. The third-order valence-corrected chi connectivity index (χ3v) is 5.33. The van der Waals surface area contributed by atoms with Crippen molar-refractivity contribution >= 4 is 0 Å². The third kappa shape index (κ3) is 2.02. The van der Waals surface area contributed by atoms with E-state index in [-0.39, 0.29) is 0 Å². The van der Waals surface area contributed by atoms with Gasteiger partial charge in [0.2, 0.25) is 0 Å². The fraction of sp³-hybridized carbons (Fsp3) is 1.00. The molecule has 16 heavy (non-hydrogen) atoms. The van der Waals surface area contributed by atoms with Crippen molar-refractivity contribution in [3.63, 3.8) is 0 Å². The van der Waals surface area contributed by atoms with Gasteiger partial charge in [0.25, 0.3) is 0 Å². The first-order valence-electron chi connectivity index (χ1n) is 7.12. The van der Waals surface area contributed by atoms with Crippen LogP contribution in [0.2, 0.25) is 0 Å². The van der Waals surface area contributed by atoms with Crippen LogP contribution < -0.4 is 5.32 Å². The number of hydrogen-bond acceptors (Lipinski definition) is 2. The Morgan fingerprint density at radius 1 is 1.12 bits per heavy atom. The van der Waals surface area contributed by atoms with Gasteiger partial charge in [0, 0.05) is 12.6 Å². The maximum absolute atomic E-state index is 5.66. The molecule has 3 fully saturated rings. The predicted octanol–water partition coefficient (Wildman–Crippen LogP) is 2.44. The van der Waals surface area contributed by atoms with Gasteiger partial charge in [0.1, 0.15) is 0 Å². The van der Waals surface area contributed by atoms with Gasteiger partial charge in [-0.1, -0.05) is 6.42 Å². The van der Waals surface area contributed by atoms with Gasteiger partial charge < -0.3 is 10.1 Å². The molecule has 1 heterocycles. The van der Waals surface area contributed by atoms with Gasteiger partial charge in [-0.05, 0) is 62.8 Å². The summed E-state index contributed by atoms with van der Waals surface area (Å²) in [6.45, 7) is 1.96. The standard InChI is InChI=1S/C14H25NO/c1-15-14-4-5-16-9-13(14)8-12-7-10-2-3-11(12)6-10/h10-15H,2-9H2,1H3. The molecular formula is C14H25NO. The lowest BCUT2D eigenvalue weighted by molar-refractivity contribution is 0.0204. The zero-order valence-corrected chi connectivity index (χ0v) is 10.5. The second-order valence-electron chi connectivity index (χ2n) is 6.19. The second kappa shape index (κ2) is 4.66. The average molecular weight is 223 g/mol. The lowest BCUT2D eigenvalue weighted by atomic mass is 9.79. The molecule has 2 saturated carbocycles. The van der Waals surface area contributed by atoms with Gasteiger partial charge in [0.05, 0.1) is 6.61 Å². The highest BCUT2D eigenvalue weighted by atomic mass is 16.5. The van der Waals surface area contributed by atoms with Crippen molar-refractivity contribution in [2.75, 3.05) is 20.3 Å². The molecule has 0 aromatic carbocycles. The molecule has 0 aromatic rings. The molecule has 92 valence electrons. The van der Waals surface area contributed by atoms with Crippen LogP contribution in [0.25, 0.3) is 0 Å². The van der Waals surface area contributed by atoms with Crippen LogP contribution in [-0.4, -0.2) is 26.3 Å². The molecule has 3 rings (SSSR count). The highest BCUT2D eigenvalue weighted by molar-refractivity contribution is 4.92. The lowest BCUT2D eigenvalue weighted by Gasteiger charge is -2.35. The maximum Gasteiger partial charge on any atom is 0.0509 e. The summed E-state index contributed by atoms with van der Waals surface area (Å²) in [4.78, 5) is 0. The normalized spacial score (nSPS) is 47.4. The zero-order chi connectivity index (χ0) is 11.0. The van der Waals surface area contributed by atoms with Crippen molar-refractivity contribution in [1.82, 2.24) is 5.32 Å². The van der Waals surface area contributed by atoms with Gasteiger partial charge in [-0.2, -0.15) is 0 Å².